The normalized spacial score (nSPS) is 14.0. The van der Waals surface area contributed by atoms with Crippen molar-refractivity contribution in [3.8, 4) is 0 Å². The first-order chi connectivity index (χ1) is 31.3. The molecular weight excluding hydrogens is 824 g/mol. The first-order valence-electron chi connectivity index (χ1n) is 27.0. The fraction of sp³-hybridized carbons (Fsp3) is 0.870. The summed E-state index contributed by atoms with van der Waals surface area (Å²) in [6.07, 6.45) is 58.3. The number of carbonyl (C=O) groups is 1. The Hall–Kier alpha value is -1.32. The SMILES string of the molecule is CCCCCCC/C=C\C/C=C\CCCCCCCCCCCCOCC(COP(=O)(O)OCC(O)CO)OC(=O)CCCCCCCCCCC/C=C\CCCCCCCCCC. The van der Waals surface area contributed by atoms with Gasteiger partial charge in [0.2, 0.25) is 0 Å². The molecule has 0 aliphatic rings. The van der Waals surface area contributed by atoms with E-state index in [1.54, 1.807) is 0 Å². The smallest absolute Gasteiger partial charge is 0.457 e. The van der Waals surface area contributed by atoms with E-state index in [0.717, 1.165) is 44.9 Å². The number of hydrogen-bond acceptors (Lipinski definition) is 8. The van der Waals surface area contributed by atoms with Crippen LogP contribution in [0.1, 0.15) is 258 Å². The van der Waals surface area contributed by atoms with Crippen LogP contribution >= 0.6 is 7.82 Å². The minimum Gasteiger partial charge on any atom is -0.457 e. The molecule has 64 heavy (non-hydrogen) atoms. The Morgan fingerprint density at radius 3 is 1.27 bits per heavy atom. The van der Waals surface area contributed by atoms with Gasteiger partial charge in [0, 0.05) is 13.0 Å². The molecule has 0 aliphatic heterocycles. The predicted molar refractivity (Wildman–Crippen MR) is 270 cm³/mol. The summed E-state index contributed by atoms with van der Waals surface area (Å²) in [6.45, 7) is 3.55. The monoisotopic (exact) mass is 927 g/mol. The molecule has 0 aromatic carbocycles. The fourth-order valence-corrected chi connectivity index (χ4v) is 8.47. The van der Waals surface area contributed by atoms with Crippen molar-refractivity contribution >= 4 is 13.8 Å². The van der Waals surface area contributed by atoms with E-state index in [1.165, 1.54) is 193 Å². The second-order valence-corrected chi connectivity index (χ2v) is 19.7. The molecule has 3 atom stereocenters. The van der Waals surface area contributed by atoms with Crippen molar-refractivity contribution in [3.63, 3.8) is 0 Å². The molecule has 3 N–H and O–H groups in total. The third-order valence-electron chi connectivity index (χ3n) is 11.8. The third-order valence-corrected chi connectivity index (χ3v) is 12.7. The third kappa shape index (κ3) is 50.1. The van der Waals surface area contributed by atoms with Crippen LogP contribution in [0.4, 0.5) is 0 Å². The van der Waals surface area contributed by atoms with Gasteiger partial charge < -0.3 is 24.6 Å². The number of allylic oxidation sites excluding steroid dienone is 6. The molecule has 0 spiro atoms. The molecule has 0 saturated carbocycles. The molecule has 0 bridgehead atoms. The van der Waals surface area contributed by atoms with Gasteiger partial charge in [0.25, 0.3) is 0 Å². The van der Waals surface area contributed by atoms with Crippen molar-refractivity contribution in [1.82, 2.24) is 0 Å². The number of aliphatic hydroxyl groups is 2. The van der Waals surface area contributed by atoms with E-state index >= 15 is 0 Å². The topological polar surface area (TPSA) is 132 Å². The molecule has 0 amide bonds. The first-order valence-corrected chi connectivity index (χ1v) is 28.5. The maximum atomic E-state index is 12.7. The van der Waals surface area contributed by atoms with Crippen LogP contribution < -0.4 is 0 Å². The number of unbranched alkanes of at least 4 members (excludes halogenated alkanes) is 32. The van der Waals surface area contributed by atoms with Crippen molar-refractivity contribution in [2.75, 3.05) is 33.0 Å². The fourth-order valence-electron chi connectivity index (χ4n) is 7.68. The minimum absolute atomic E-state index is 0.0483. The highest BCUT2D eigenvalue weighted by molar-refractivity contribution is 7.47. The average molecular weight is 927 g/mol. The van der Waals surface area contributed by atoms with Crippen molar-refractivity contribution in [3.05, 3.63) is 36.5 Å². The molecule has 0 saturated heterocycles. The quantitative estimate of drug-likeness (QED) is 0.0236. The molecule has 0 heterocycles. The lowest BCUT2D eigenvalue weighted by atomic mass is 10.1. The number of phosphoric acid groups is 1. The van der Waals surface area contributed by atoms with E-state index in [0.29, 0.717) is 6.61 Å². The number of aliphatic hydroxyl groups excluding tert-OH is 2. The van der Waals surface area contributed by atoms with Crippen LogP contribution in [0.25, 0.3) is 0 Å². The Balaban J connectivity index is 4.05. The second kappa shape index (κ2) is 51.1. The molecule has 0 aromatic heterocycles. The Morgan fingerprint density at radius 2 is 0.844 bits per heavy atom. The highest BCUT2D eigenvalue weighted by Crippen LogP contribution is 2.43. The summed E-state index contributed by atoms with van der Waals surface area (Å²) in [7, 11) is -4.53. The van der Waals surface area contributed by atoms with Gasteiger partial charge in [0.05, 0.1) is 26.4 Å². The highest BCUT2D eigenvalue weighted by Gasteiger charge is 2.26. The number of hydrogen-bond donors (Lipinski definition) is 3. The van der Waals surface area contributed by atoms with Gasteiger partial charge in [-0.25, -0.2) is 4.57 Å². The van der Waals surface area contributed by atoms with E-state index in [1.807, 2.05) is 0 Å². The van der Waals surface area contributed by atoms with Crippen molar-refractivity contribution in [2.45, 2.75) is 270 Å². The summed E-state index contributed by atoms with van der Waals surface area (Å²) in [5, 5.41) is 18.4. The lowest BCUT2D eigenvalue weighted by molar-refractivity contribution is -0.154. The van der Waals surface area contributed by atoms with Crippen molar-refractivity contribution < 1.29 is 43.0 Å². The number of carbonyl (C=O) groups excluding carboxylic acids is 1. The molecule has 9 nitrogen and oxygen atoms in total. The standard InChI is InChI=1S/C54H103O9P/c1-3-5-7-9-11-13-15-17-19-21-23-25-27-29-31-33-35-37-39-41-43-45-47-60-50-53(51-62-64(58,59)61-49-52(56)48-55)63-54(57)46-44-42-40-38-36-34-32-30-28-26-24-22-20-18-16-14-12-10-8-6-4-2/h15,17,21-24,52-53,55-56H,3-14,16,18-20,25-51H2,1-2H3,(H,58,59)/b17-15-,23-21-,24-22-. The molecule has 378 valence electrons. The van der Waals surface area contributed by atoms with E-state index in [4.69, 9.17) is 23.6 Å². The lowest BCUT2D eigenvalue weighted by Gasteiger charge is -2.20. The zero-order valence-electron chi connectivity index (χ0n) is 41.8. The Kier molecular flexibility index (Phi) is 50.0. The van der Waals surface area contributed by atoms with Crippen molar-refractivity contribution in [2.24, 2.45) is 0 Å². The Labute approximate surface area is 395 Å². The summed E-state index contributed by atoms with van der Waals surface area (Å²) < 4.78 is 33.6. The highest BCUT2D eigenvalue weighted by atomic mass is 31.2. The van der Waals surface area contributed by atoms with Crippen LogP contribution in [-0.2, 0) is 27.9 Å². The van der Waals surface area contributed by atoms with Crippen LogP contribution in [-0.4, -0.2) is 66.3 Å². The summed E-state index contributed by atoms with van der Waals surface area (Å²) in [4.78, 5) is 22.7. The van der Waals surface area contributed by atoms with Gasteiger partial charge in [-0.1, -0.05) is 217 Å². The van der Waals surface area contributed by atoms with Crippen molar-refractivity contribution in [1.29, 1.82) is 0 Å². The lowest BCUT2D eigenvalue weighted by Crippen LogP contribution is -2.29. The van der Waals surface area contributed by atoms with Gasteiger partial charge in [-0.3, -0.25) is 13.8 Å². The molecule has 0 aliphatic carbocycles. The largest absolute Gasteiger partial charge is 0.472 e. The van der Waals surface area contributed by atoms with E-state index < -0.39 is 33.2 Å². The molecule has 0 aromatic rings. The number of phosphoric ester groups is 1. The molecule has 3 unspecified atom stereocenters. The maximum Gasteiger partial charge on any atom is 0.472 e. The van der Waals surface area contributed by atoms with Crippen LogP contribution in [0.5, 0.6) is 0 Å². The summed E-state index contributed by atoms with van der Waals surface area (Å²) in [5.41, 5.74) is 0. The van der Waals surface area contributed by atoms with Gasteiger partial charge in [-0.2, -0.15) is 0 Å². The van der Waals surface area contributed by atoms with E-state index in [9.17, 15) is 19.4 Å². The first kappa shape index (κ1) is 62.7. The summed E-state index contributed by atoms with van der Waals surface area (Å²) in [5.74, 6) is -0.382. The van der Waals surface area contributed by atoms with Gasteiger partial charge >= 0.3 is 13.8 Å². The number of rotatable bonds is 52. The number of esters is 1. The Bertz CT molecular complexity index is 1100. The van der Waals surface area contributed by atoms with Gasteiger partial charge in [0.1, 0.15) is 12.2 Å². The molecular formula is C54H103O9P. The average Bonchev–Trinajstić information content (AvgIpc) is 3.29. The zero-order chi connectivity index (χ0) is 46.7. The number of ether oxygens (including phenoxy) is 2. The molecule has 10 heteroatoms. The Morgan fingerprint density at radius 1 is 0.484 bits per heavy atom. The molecule has 0 fully saturated rings. The van der Waals surface area contributed by atoms with Crippen LogP contribution in [0.2, 0.25) is 0 Å². The molecule has 0 radical (unpaired) electrons. The second-order valence-electron chi connectivity index (χ2n) is 18.2. The van der Waals surface area contributed by atoms with Crippen LogP contribution in [0.3, 0.4) is 0 Å². The van der Waals surface area contributed by atoms with Gasteiger partial charge in [-0.15, -0.1) is 0 Å². The zero-order valence-corrected chi connectivity index (χ0v) is 42.7. The van der Waals surface area contributed by atoms with E-state index in [-0.39, 0.29) is 25.6 Å². The van der Waals surface area contributed by atoms with Gasteiger partial charge in [0.15, 0.2) is 0 Å². The van der Waals surface area contributed by atoms with Crippen LogP contribution in [0, 0.1) is 0 Å². The predicted octanol–water partition coefficient (Wildman–Crippen LogP) is 15.9. The van der Waals surface area contributed by atoms with E-state index in [2.05, 4.69) is 50.3 Å². The van der Waals surface area contributed by atoms with Gasteiger partial charge in [-0.05, 0) is 70.6 Å². The molecule has 0 rings (SSSR count). The summed E-state index contributed by atoms with van der Waals surface area (Å²) >= 11 is 0. The maximum absolute atomic E-state index is 12.7. The minimum atomic E-state index is -4.53. The summed E-state index contributed by atoms with van der Waals surface area (Å²) in [6, 6.07) is 0. The van der Waals surface area contributed by atoms with Crippen LogP contribution in [0.15, 0.2) is 36.5 Å².